The molecule has 3 rings (SSSR count). The van der Waals surface area contributed by atoms with Gasteiger partial charge in [-0.05, 0) is 54.9 Å². The molecule has 0 N–H and O–H groups in total. The highest BCUT2D eigenvalue weighted by Gasteiger charge is 2.12. The van der Waals surface area contributed by atoms with Crippen LogP contribution < -0.4 is 0 Å². The van der Waals surface area contributed by atoms with Crippen LogP contribution in [-0.4, -0.2) is 9.38 Å². The predicted molar refractivity (Wildman–Crippen MR) is 74.8 cm³/mol. The van der Waals surface area contributed by atoms with E-state index >= 15 is 0 Å². The van der Waals surface area contributed by atoms with E-state index in [4.69, 9.17) is 4.42 Å². The van der Waals surface area contributed by atoms with E-state index in [0.29, 0.717) is 0 Å². The van der Waals surface area contributed by atoms with Crippen LogP contribution >= 0.6 is 15.9 Å². The number of aryl methyl sites for hydroxylation is 3. The van der Waals surface area contributed by atoms with Gasteiger partial charge in [0.2, 0.25) is 0 Å². The van der Waals surface area contributed by atoms with Crippen LogP contribution in [0.4, 0.5) is 0 Å². The zero-order valence-electron chi connectivity index (χ0n) is 10.5. The number of hydrogen-bond donors (Lipinski definition) is 0. The Balaban J connectivity index is 2.26. The maximum Gasteiger partial charge on any atom is 0.137 e. The van der Waals surface area contributed by atoms with Gasteiger partial charge in [-0.1, -0.05) is 0 Å². The number of halogens is 1. The molecule has 0 aliphatic rings. The summed E-state index contributed by atoms with van der Waals surface area (Å²) >= 11 is 3.53. The molecule has 92 valence electrons. The molecule has 3 nitrogen and oxygen atoms in total. The smallest absolute Gasteiger partial charge is 0.137 e. The zero-order valence-corrected chi connectivity index (χ0v) is 12.1. The normalized spacial score (nSPS) is 11.3. The van der Waals surface area contributed by atoms with Gasteiger partial charge in [-0.25, -0.2) is 4.98 Å². The number of fused-ring (bicyclic) bond motifs is 1. The topological polar surface area (TPSA) is 30.4 Å². The fourth-order valence-corrected chi connectivity index (χ4v) is 2.50. The second-order valence-corrected chi connectivity index (χ2v) is 5.30. The van der Waals surface area contributed by atoms with Gasteiger partial charge >= 0.3 is 0 Å². The Labute approximate surface area is 114 Å². The summed E-state index contributed by atoms with van der Waals surface area (Å²) in [6.45, 7) is 5.99. The summed E-state index contributed by atoms with van der Waals surface area (Å²) in [6, 6.07) is 6.05. The van der Waals surface area contributed by atoms with Crippen LogP contribution in [-0.2, 0) is 0 Å². The summed E-state index contributed by atoms with van der Waals surface area (Å²) in [6.07, 6.45) is 2.05. The highest BCUT2D eigenvalue weighted by atomic mass is 79.9. The molecule has 0 atom stereocenters. The quantitative estimate of drug-likeness (QED) is 0.671. The molecule has 3 aromatic heterocycles. The first-order valence-electron chi connectivity index (χ1n) is 5.78. The lowest BCUT2D eigenvalue weighted by Crippen LogP contribution is -1.89. The van der Waals surface area contributed by atoms with Crippen LogP contribution in [0.15, 0.2) is 33.3 Å². The van der Waals surface area contributed by atoms with Crippen molar-refractivity contribution >= 4 is 21.6 Å². The summed E-state index contributed by atoms with van der Waals surface area (Å²) in [5.41, 5.74) is 4.10. The summed E-state index contributed by atoms with van der Waals surface area (Å²) in [7, 11) is 0. The van der Waals surface area contributed by atoms with Crippen LogP contribution in [0, 0.1) is 20.8 Å². The van der Waals surface area contributed by atoms with Gasteiger partial charge in [-0.15, -0.1) is 0 Å². The molecule has 0 aliphatic heterocycles. The van der Waals surface area contributed by atoms with E-state index in [9.17, 15) is 0 Å². The second-order valence-electron chi connectivity index (χ2n) is 4.45. The summed E-state index contributed by atoms with van der Waals surface area (Å²) < 4.78 is 8.73. The predicted octanol–water partition coefficient (Wildman–Crippen LogP) is 4.28. The standard InChI is InChI=1S/C14H13BrN2O/c1-8-6-11(10(3)18-8)13-7-17-9(2)12(15)4-5-14(17)16-13/h4-7H,1-3H3. The van der Waals surface area contributed by atoms with E-state index in [1.807, 2.05) is 38.2 Å². The molecule has 18 heavy (non-hydrogen) atoms. The van der Waals surface area contributed by atoms with Crippen molar-refractivity contribution in [2.24, 2.45) is 0 Å². The molecule has 0 saturated heterocycles. The number of rotatable bonds is 1. The lowest BCUT2D eigenvalue weighted by Gasteiger charge is -2.00. The maximum absolute atomic E-state index is 5.56. The van der Waals surface area contributed by atoms with Crippen LogP contribution in [0.25, 0.3) is 16.9 Å². The van der Waals surface area contributed by atoms with E-state index in [-0.39, 0.29) is 0 Å². The number of aromatic nitrogens is 2. The van der Waals surface area contributed by atoms with E-state index < -0.39 is 0 Å². The molecule has 0 saturated carbocycles. The minimum Gasteiger partial charge on any atom is -0.466 e. The third kappa shape index (κ3) is 1.68. The SMILES string of the molecule is Cc1cc(-c2cn3c(C)c(Br)ccc3n2)c(C)o1. The van der Waals surface area contributed by atoms with Crippen molar-refractivity contribution in [2.75, 3.05) is 0 Å². The monoisotopic (exact) mass is 304 g/mol. The molecule has 4 heteroatoms. The van der Waals surface area contributed by atoms with Crippen molar-refractivity contribution < 1.29 is 4.42 Å². The van der Waals surface area contributed by atoms with Gasteiger partial charge < -0.3 is 8.82 Å². The highest BCUT2D eigenvalue weighted by molar-refractivity contribution is 9.10. The third-order valence-corrected chi connectivity index (χ3v) is 3.97. The lowest BCUT2D eigenvalue weighted by atomic mass is 10.2. The number of hydrogen-bond acceptors (Lipinski definition) is 2. The molecule has 3 heterocycles. The Kier molecular flexibility index (Phi) is 2.55. The van der Waals surface area contributed by atoms with Crippen molar-refractivity contribution in [3.63, 3.8) is 0 Å². The molecular formula is C14H13BrN2O. The van der Waals surface area contributed by atoms with Crippen molar-refractivity contribution in [3.05, 3.63) is 46.1 Å². The average molecular weight is 305 g/mol. The van der Waals surface area contributed by atoms with Gasteiger partial charge in [0.1, 0.15) is 17.2 Å². The van der Waals surface area contributed by atoms with E-state index in [1.165, 1.54) is 0 Å². The Morgan fingerprint density at radius 1 is 1.22 bits per heavy atom. The van der Waals surface area contributed by atoms with Crippen LogP contribution in [0.5, 0.6) is 0 Å². The molecule has 0 aromatic carbocycles. The third-order valence-electron chi connectivity index (χ3n) is 3.14. The number of imidazole rings is 1. The molecule has 0 bridgehead atoms. The zero-order chi connectivity index (χ0) is 12.9. The summed E-state index contributed by atoms with van der Waals surface area (Å²) in [5.74, 6) is 1.82. The first kappa shape index (κ1) is 11.5. The summed E-state index contributed by atoms with van der Waals surface area (Å²) in [4.78, 5) is 4.64. The fraction of sp³-hybridized carbons (Fsp3) is 0.214. The number of nitrogens with zero attached hydrogens (tertiary/aromatic N) is 2. The largest absolute Gasteiger partial charge is 0.466 e. The molecule has 0 aliphatic carbocycles. The molecule has 3 aromatic rings. The van der Waals surface area contributed by atoms with Gasteiger partial charge in [0.25, 0.3) is 0 Å². The van der Waals surface area contributed by atoms with Gasteiger partial charge in [0, 0.05) is 21.9 Å². The van der Waals surface area contributed by atoms with Gasteiger partial charge in [-0.3, -0.25) is 0 Å². The van der Waals surface area contributed by atoms with Crippen molar-refractivity contribution in [2.45, 2.75) is 20.8 Å². The van der Waals surface area contributed by atoms with Gasteiger partial charge in [0.05, 0.1) is 5.69 Å². The van der Waals surface area contributed by atoms with Gasteiger partial charge in [-0.2, -0.15) is 0 Å². The fourth-order valence-electron chi connectivity index (χ4n) is 2.18. The van der Waals surface area contributed by atoms with Crippen molar-refractivity contribution in [3.8, 4) is 11.3 Å². The van der Waals surface area contributed by atoms with Crippen LogP contribution in [0.1, 0.15) is 17.2 Å². The lowest BCUT2D eigenvalue weighted by molar-refractivity contribution is 0.505. The number of furan rings is 1. The highest BCUT2D eigenvalue weighted by Crippen LogP contribution is 2.27. The average Bonchev–Trinajstić information content (AvgIpc) is 2.87. The molecule has 0 fully saturated rings. The summed E-state index contributed by atoms with van der Waals surface area (Å²) in [5, 5.41) is 0. The Morgan fingerprint density at radius 3 is 2.67 bits per heavy atom. The van der Waals surface area contributed by atoms with E-state index in [0.717, 1.165) is 38.6 Å². The molecule has 0 radical (unpaired) electrons. The number of pyridine rings is 1. The van der Waals surface area contributed by atoms with Crippen LogP contribution in [0.2, 0.25) is 0 Å². The Morgan fingerprint density at radius 2 is 2.00 bits per heavy atom. The second kappa shape index (κ2) is 3.99. The van der Waals surface area contributed by atoms with Crippen molar-refractivity contribution in [1.29, 1.82) is 0 Å². The van der Waals surface area contributed by atoms with Crippen LogP contribution in [0.3, 0.4) is 0 Å². The Bertz CT molecular complexity index is 740. The molecule has 0 amide bonds. The Hall–Kier alpha value is -1.55. The molecule has 0 spiro atoms. The van der Waals surface area contributed by atoms with E-state index in [2.05, 4.69) is 32.2 Å². The minimum absolute atomic E-state index is 0.910. The molecular weight excluding hydrogens is 292 g/mol. The van der Waals surface area contributed by atoms with Gasteiger partial charge in [0.15, 0.2) is 0 Å². The van der Waals surface area contributed by atoms with E-state index in [1.54, 1.807) is 0 Å². The maximum atomic E-state index is 5.56. The first-order valence-corrected chi connectivity index (χ1v) is 6.57. The van der Waals surface area contributed by atoms with Crippen molar-refractivity contribution in [1.82, 2.24) is 9.38 Å². The molecule has 0 unspecified atom stereocenters. The first-order chi connectivity index (χ1) is 8.56. The minimum atomic E-state index is 0.910.